The molecule has 3 saturated heterocycles. The van der Waals surface area contributed by atoms with Crippen LogP contribution in [0.3, 0.4) is 0 Å². The van der Waals surface area contributed by atoms with Crippen molar-refractivity contribution in [2.24, 2.45) is 0 Å². The van der Waals surface area contributed by atoms with Gasteiger partial charge in [0.05, 0.1) is 6.61 Å². The highest BCUT2D eigenvalue weighted by Gasteiger charge is 2.55. The van der Waals surface area contributed by atoms with E-state index in [2.05, 4.69) is 4.90 Å². The third-order valence-electron chi connectivity index (χ3n) is 7.70. The van der Waals surface area contributed by atoms with Crippen molar-refractivity contribution in [1.82, 2.24) is 19.6 Å². The minimum absolute atomic E-state index is 0.0162. The first-order valence-corrected chi connectivity index (χ1v) is 12.7. The van der Waals surface area contributed by atoms with Crippen LogP contribution in [0.2, 0.25) is 0 Å². The molecule has 1 atom stereocenters. The summed E-state index contributed by atoms with van der Waals surface area (Å²) in [5, 5.41) is 0. The Hall–Kier alpha value is -3.23. The number of amides is 3. The van der Waals surface area contributed by atoms with E-state index in [-0.39, 0.29) is 24.3 Å². The normalized spacial score (nSPS) is 22.2. The molecule has 3 aliphatic heterocycles. The molecule has 3 heterocycles. The Labute approximate surface area is 212 Å². The Morgan fingerprint density at radius 3 is 2.14 bits per heavy atom. The number of aryl methyl sites for hydroxylation is 1. The van der Waals surface area contributed by atoms with Gasteiger partial charge in [-0.1, -0.05) is 35.9 Å². The predicted molar refractivity (Wildman–Crippen MR) is 135 cm³/mol. The van der Waals surface area contributed by atoms with Crippen LogP contribution in [0.15, 0.2) is 54.6 Å². The van der Waals surface area contributed by atoms with Gasteiger partial charge in [-0.3, -0.25) is 19.3 Å². The monoisotopic (exact) mass is 490 g/mol. The van der Waals surface area contributed by atoms with Gasteiger partial charge in [-0.25, -0.2) is 0 Å². The smallest absolute Gasteiger partial charge is 0.256 e. The molecule has 2 aromatic carbocycles. The number of rotatable bonds is 3. The fourth-order valence-corrected chi connectivity index (χ4v) is 5.53. The molecular weight excluding hydrogens is 456 g/mol. The molecule has 0 unspecified atom stereocenters. The Morgan fingerprint density at radius 1 is 0.806 bits per heavy atom. The minimum atomic E-state index is -0.900. The lowest BCUT2D eigenvalue weighted by Crippen LogP contribution is -2.61. The summed E-state index contributed by atoms with van der Waals surface area (Å²) in [4.78, 5) is 48.2. The Balaban J connectivity index is 1.38. The number of hydrogen-bond donors (Lipinski definition) is 0. The van der Waals surface area contributed by atoms with Crippen molar-refractivity contribution in [3.05, 3.63) is 71.3 Å². The summed E-state index contributed by atoms with van der Waals surface area (Å²) < 4.78 is 6.34. The van der Waals surface area contributed by atoms with Crippen LogP contribution in [0.25, 0.3) is 0 Å². The molecule has 2 aromatic rings. The number of likely N-dealkylation sites (tertiary alicyclic amines) is 1. The summed E-state index contributed by atoms with van der Waals surface area (Å²) in [5.41, 5.74) is 1.34. The highest BCUT2D eigenvalue weighted by Crippen LogP contribution is 2.39. The maximum Gasteiger partial charge on any atom is 0.256 e. The van der Waals surface area contributed by atoms with Crippen LogP contribution in [0.1, 0.15) is 39.1 Å². The number of ether oxygens (including phenoxy) is 1. The minimum Gasteiger partial charge on any atom is -0.353 e. The van der Waals surface area contributed by atoms with Gasteiger partial charge in [0.25, 0.3) is 11.8 Å². The maximum absolute atomic E-state index is 13.8. The van der Waals surface area contributed by atoms with Gasteiger partial charge in [0.15, 0.2) is 0 Å². The van der Waals surface area contributed by atoms with Crippen LogP contribution in [0.5, 0.6) is 0 Å². The Bertz CT molecular complexity index is 1120. The molecule has 3 amide bonds. The predicted octanol–water partition coefficient (Wildman–Crippen LogP) is 2.24. The number of nitrogens with zero attached hydrogens (tertiary/aromatic N) is 4. The summed E-state index contributed by atoms with van der Waals surface area (Å²) in [5.74, 6) is -0.265. The van der Waals surface area contributed by atoms with Crippen LogP contribution >= 0.6 is 0 Å². The van der Waals surface area contributed by atoms with E-state index in [0.29, 0.717) is 50.1 Å². The molecule has 0 aromatic heterocycles. The molecular formula is C28H34N4O4. The Kier molecular flexibility index (Phi) is 6.81. The van der Waals surface area contributed by atoms with Crippen molar-refractivity contribution in [1.29, 1.82) is 0 Å². The van der Waals surface area contributed by atoms with Gasteiger partial charge in [0, 0.05) is 63.2 Å². The second-order valence-corrected chi connectivity index (χ2v) is 10.1. The van der Waals surface area contributed by atoms with E-state index in [1.165, 1.54) is 0 Å². The zero-order valence-corrected chi connectivity index (χ0v) is 21.1. The zero-order valence-electron chi connectivity index (χ0n) is 21.1. The lowest BCUT2D eigenvalue weighted by atomic mass is 9.95. The van der Waals surface area contributed by atoms with Gasteiger partial charge in [0.2, 0.25) is 5.91 Å². The van der Waals surface area contributed by atoms with Crippen LogP contribution in [0.4, 0.5) is 0 Å². The molecule has 0 radical (unpaired) electrons. The third-order valence-corrected chi connectivity index (χ3v) is 7.70. The lowest BCUT2D eigenvalue weighted by Gasteiger charge is -2.45. The second kappa shape index (κ2) is 10.0. The van der Waals surface area contributed by atoms with E-state index >= 15 is 0 Å². The topological polar surface area (TPSA) is 73.4 Å². The average molecular weight is 491 g/mol. The second-order valence-electron chi connectivity index (χ2n) is 10.1. The highest BCUT2D eigenvalue weighted by molar-refractivity contribution is 5.98. The summed E-state index contributed by atoms with van der Waals surface area (Å²) in [6.07, 6.45) is 0.936. The fraction of sp³-hybridized carbons (Fsp3) is 0.464. The van der Waals surface area contributed by atoms with Crippen molar-refractivity contribution in [3.63, 3.8) is 0 Å². The maximum atomic E-state index is 13.8. The van der Waals surface area contributed by atoms with Crippen LogP contribution in [-0.4, -0.2) is 102 Å². The number of hydrogen-bond acceptors (Lipinski definition) is 5. The van der Waals surface area contributed by atoms with Gasteiger partial charge in [-0.2, -0.15) is 0 Å². The van der Waals surface area contributed by atoms with Gasteiger partial charge >= 0.3 is 0 Å². The van der Waals surface area contributed by atoms with Gasteiger partial charge < -0.3 is 19.4 Å². The molecule has 0 N–H and O–H groups in total. The van der Waals surface area contributed by atoms with Crippen molar-refractivity contribution >= 4 is 17.7 Å². The number of carbonyl (C=O) groups is 3. The number of carbonyl (C=O) groups excluding carboxylic acids is 3. The summed E-state index contributed by atoms with van der Waals surface area (Å²) >= 11 is 0. The molecule has 36 heavy (non-hydrogen) atoms. The molecule has 3 aliphatic rings. The number of benzene rings is 2. The zero-order chi connectivity index (χ0) is 25.3. The van der Waals surface area contributed by atoms with Gasteiger partial charge in [0.1, 0.15) is 11.8 Å². The average Bonchev–Trinajstić information content (AvgIpc) is 3.27. The first-order chi connectivity index (χ1) is 17.4. The van der Waals surface area contributed by atoms with Gasteiger partial charge in [-0.05, 0) is 38.2 Å². The molecule has 0 saturated carbocycles. The van der Waals surface area contributed by atoms with Crippen molar-refractivity contribution in [3.8, 4) is 0 Å². The van der Waals surface area contributed by atoms with Crippen molar-refractivity contribution in [2.45, 2.75) is 31.5 Å². The SMILES string of the molecule is Cc1cccc(C(=O)N2CCC3(CC2)OC[C@@H](C(=O)N2CCN(C)CC2)N3C(=O)c2ccccc2)c1. The first-order valence-electron chi connectivity index (χ1n) is 12.7. The summed E-state index contributed by atoms with van der Waals surface area (Å²) in [7, 11) is 2.05. The lowest BCUT2D eigenvalue weighted by molar-refractivity contribution is -0.139. The first kappa shape index (κ1) is 24.5. The van der Waals surface area contributed by atoms with Gasteiger partial charge in [-0.15, -0.1) is 0 Å². The van der Waals surface area contributed by atoms with Crippen molar-refractivity contribution < 1.29 is 19.1 Å². The van der Waals surface area contributed by atoms with Crippen LogP contribution < -0.4 is 0 Å². The quantitative estimate of drug-likeness (QED) is 0.660. The van der Waals surface area contributed by atoms with E-state index < -0.39 is 11.8 Å². The molecule has 1 spiro atoms. The molecule has 190 valence electrons. The number of likely N-dealkylation sites (N-methyl/N-ethyl adjacent to an activating group) is 1. The van der Waals surface area contributed by atoms with E-state index in [0.717, 1.165) is 18.7 Å². The largest absolute Gasteiger partial charge is 0.353 e. The molecule has 8 nitrogen and oxygen atoms in total. The van der Waals surface area contributed by atoms with Crippen LogP contribution in [-0.2, 0) is 9.53 Å². The molecule has 0 aliphatic carbocycles. The Morgan fingerprint density at radius 2 is 1.47 bits per heavy atom. The summed E-state index contributed by atoms with van der Waals surface area (Å²) in [6.45, 7) is 5.98. The van der Waals surface area contributed by atoms with Crippen molar-refractivity contribution in [2.75, 3.05) is 52.9 Å². The third kappa shape index (κ3) is 4.63. The summed E-state index contributed by atoms with van der Waals surface area (Å²) in [6, 6.07) is 16.0. The van der Waals surface area contributed by atoms with E-state index in [4.69, 9.17) is 4.74 Å². The van der Waals surface area contributed by atoms with E-state index in [1.807, 2.05) is 66.2 Å². The number of piperidine rings is 1. The van der Waals surface area contributed by atoms with E-state index in [1.54, 1.807) is 17.0 Å². The molecule has 0 bridgehead atoms. The molecule has 3 fully saturated rings. The van der Waals surface area contributed by atoms with Crippen LogP contribution in [0, 0.1) is 6.92 Å². The number of piperazine rings is 1. The molecule has 8 heteroatoms. The fourth-order valence-electron chi connectivity index (χ4n) is 5.53. The molecule has 5 rings (SSSR count). The van der Waals surface area contributed by atoms with E-state index in [9.17, 15) is 14.4 Å². The highest BCUT2D eigenvalue weighted by atomic mass is 16.5. The standard InChI is InChI=1S/C28H34N4O4/c1-21-7-6-10-23(19-21)25(33)30-13-11-28(12-14-30)32(26(34)22-8-4-3-5-9-22)24(20-36-28)27(35)31-17-15-29(2)16-18-31/h3-10,19,24H,11-18,20H2,1-2H3/t24-/m0/s1.